The molecule has 3 aromatic rings. The largest absolute Gasteiger partial charge is 0.491 e. The SMILES string of the molecule is Cc1ccc(NC2=C(c3ccc(OC(C)C)cc3)C(=O)N(c3cccc(F)c3)C2=O)cc1Cl. The van der Waals surface area contributed by atoms with Crippen LogP contribution < -0.4 is 15.0 Å². The van der Waals surface area contributed by atoms with Crippen molar-refractivity contribution in [2.24, 2.45) is 0 Å². The highest BCUT2D eigenvalue weighted by Gasteiger charge is 2.40. The van der Waals surface area contributed by atoms with Gasteiger partial charge in [0.25, 0.3) is 11.8 Å². The fraction of sp³-hybridized carbons (Fsp3) is 0.154. The molecule has 0 spiro atoms. The van der Waals surface area contributed by atoms with Crippen molar-refractivity contribution in [1.82, 2.24) is 0 Å². The zero-order chi connectivity index (χ0) is 23.7. The van der Waals surface area contributed by atoms with Crippen molar-refractivity contribution in [3.05, 3.63) is 94.4 Å². The Morgan fingerprint density at radius 1 is 0.970 bits per heavy atom. The number of amides is 2. The summed E-state index contributed by atoms with van der Waals surface area (Å²) in [7, 11) is 0. The van der Waals surface area contributed by atoms with Crippen LogP contribution in [0, 0.1) is 12.7 Å². The molecule has 1 aliphatic rings. The van der Waals surface area contributed by atoms with E-state index in [-0.39, 0.29) is 23.1 Å². The van der Waals surface area contributed by atoms with Crippen LogP contribution in [0.2, 0.25) is 5.02 Å². The lowest BCUT2D eigenvalue weighted by Crippen LogP contribution is -2.32. The quantitative estimate of drug-likeness (QED) is 0.456. The third-order valence-electron chi connectivity index (χ3n) is 5.11. The molecule has 0 saturated heterocycles. The average molecular weight is 465 g/mol. The predicted octanol–water partition coefficient (Wildman–Crippen LogP) is 5.97. The molecule has 1 heterocycles. The van der Waals surface area contributed by atoms with Crippen molar-refractivity contribution in [3.63, 3.8) is 0 Å². The molecule has 0 aliphatic carbocycles. The second-order valence-electron chi connectivity index (χ2n) is 7.96. The summed E-state index contributed by atoms with van der Waals surface area (Å²) in [5, 5.41) is 3.58. The van der Waals surface area contributed by atoms with Gasteiger partial charge >= 0.3 is 0 Å². The molecule has 7 heteroatoms. The maximum atomic E-state index is 13.9. The number of imide groups is 1. The van der Waals surface area contributed by atoms with E-state index in [1.54, 1.807) is 36.4 Å². The topological polar surface area (TPSA) is 58.6 Å². The number of anilines is 2. The van der Waals surface area contributed by atoms with Crippen LogP contribution in [0.3, 0.4) is 0 Å². The van der Waals surface area contributed by atoms with Crippen molar-refractivity contribution in [3.8, 4) is 5.75 Å². The first-order valence-electron chi connectivity index (χ1n) is 10.4. The molecule has 0 atom stereocenters. The summed E-state index contributed by atoms with van der Waals surface area (Å²) < 4.78 is 19.5. The molecule has 168 valence electrons. The summed E-state index contributed by atoms with van der Waals surface area (Å²) in [5.41, 5.74) is 2.39. The van der Waals surface area contributed by atoms with Gasteiger partial charge in [-0.2, -0.15) is 0 Å². The molecule has 0 aromatic heterocycles. The van der Waals surface area contributed by atoms with E-state index >= 15 is 0 Å². The second kappa shape index (κ2) is 9.08. The number of nitrogens with one attached hydrogen (secondary N) is 1. The first-order valence-corrected chi connectivity index (χ1v) is 10.8. The fourth-order valence-corrected chi connectivity index (χ4v) is 3.73. The van der Waals surface area contributed by atoms with E-state index in [0.29, 0.717) is 22.0 Å². The van der Waals surface area contributed by atoms with Crippen molar-refractivity contribution in [1.29, 1.82) is 0 Å². The third-order valence-corrected chi connectivity index (χ3v) is 5.51. The van der Waals surface area contributed by atoms with Crippen LogP contribution >= 0.6 is 11.6 Å². The highest BCUT2D eigenvalue weighted by molar-refractivity contribution is 6.46. The Morgan fingerprint density at radius 2 is 1.70 bits per heavy atom. The lowest BCUT2D eigenvalue weighted by atomic mass is 10.0. The van der Waals surface area contributed by atoms with Gasteiger partial charge in [-0.25, -0.2) is 9.29 Å². The van der Waals surface area contributed by atoms with Crippen molar-refractivity contribution in [2.45, 2.75) is 26.9 Å². The average Bonchev–Trinajstić information content (AvgIpc) is 3.00. The molecule has 0 saturated carbocycles. The molecule has 0 fully saturated rings. The molecular formula is C26H22ClFN2O3. The number of hydrogen-bond donors (Lipinski definition) is 1. The molecule has 5 nitrogen and oxygen atoms in total. The van der Waals surface area contributed by atoms with Gasteiger partial charge in [-0.1, -0.05) is 35.9 Å². The second-order valence-corrected chi connectivity index (χ2v) is 8.36. The van der Waals surface area contributed by atoms with E-state index in [2.05, 4.69) is 5.32 Å². The summed E-state index contributed by atoms with van der Waals surface area (Å²) in [5.74, 6) is -1.03. The summed E-state index contributed by atoms with van der Waals surface area (Å²) in [6.07, 6.45) is -0.00302. The standard InChI is InChI=1S/C26H22ClFN2O3/c1-15(2)33-21-11-8-17(9-12-21)23-24(29-19-10-7-16(3)22(27)14-19)26(32)30(25(23)31)20-6-4-5-18(28)13-20/h4-15,29H,1-3H3. The zero-order valence-electron chi connectivity index (χ0n) is 18.4. The van der Waals surface area contributed by atoms with E-state index in [1.807, 2.05) is 26.8 Å². The van der Waals surface area contributed by atoms with Gasteiger partial charge in [-0.3, -0.25) is 9.59 Å². The van der Waals surface area contributed by atoms with Gasteiger partial charge in [0.2, 0.25) is 0 Å². The van der Waals surface area contributed by atoms with Crippen molar-refractivity contribution in [2.75, 3.05) is 10.2 Å². The summed E-state index contributed by atoms with van der Waals surface area (Å²) in [6, 6.07) is 17.6. The van der Waals surface area contributed by atoms with Crippen LogP contribution in [0.4, 0.5) is 15.8 Å². The lowest BCUT2D eigenvalue weighted by Gasteiger charge is -2.15. The van der Waals surface area contributed by atoms with E-state index in [1.165, 1.54) is 18.2 Å². The summed E-state index contributed by atoms with van der Waals surface area (Å²) >= 11 is 6.24. The maximum absolute atomic E-state index is 13.9. The highest BCUT2D eigenvalue weighted by atomic mass is 35.5. The Hall–Kier alpha value is -3.64. The highest BCUT2D eigenvalue weighted by Crippen LogP contribution is 2.35. The van der Waals surface area contributed by atoms with Gasteiger partial charge in [-0.15, -0.1) is 0 Å². The van der Waals surface area contributed by atoms with E-state index in [9.17, 15) is 14.0 Å². The number of carbonyl (C=O) groups excluding carboxylic acids is 2. The Balaban J connectivity index is 1.79. The van der Waals surface area contributed by atoms with E-state index in [4.69, 9.17) is 16.3 Å². The van der Waals surface area contributed by atoms with Crippen LogP contribution in [0.1, 0.15) is 25.0 Å². The van der Waals surface area contributed by atoms with Gasteiger partial charge in [0.1, 0.15) is 17.3 Å². The van der Waals surface area contributed by atoms with Crippen LogP contribution in [-0.4, -0.2) is 17.9 Å². The number of aryl methyl sites for hydroxylation is 1. The Kier molecular flexibility index (Phi) is 6.20. The Bertz CT molecular complexity index is 1270. The Morgan fingerprint density at radius 3 is 2.33 bits per heavy atom. The van der Waals surface area contributed by atoms with Crippen LogP contribution in [0.15, 0.2) is 72.4 Å². The van der Waals surface area contributed by atoms with Crippen molar-refractivity contribution < 1.29 is 18.7 Å². The van der Waals surface area contributed by atoms with Crippen LogP contribution in [0.25, 0.3) is 5.57 Å². The predicted molar refractivity (Wildman–Crippen MR) is 128 cm³/mol. The number of benzene rings is 3. The maximum Gasteiger partial charge on any atom is 0.282 e. The minimum Gasteiger partial charge on any atom is -0.491 e. The van der Waals surface area contributed by atoms with E-state index in [0.717, 1.165) is 16.5 Å². The molecule has 0 radical (unpaired) electrons. The fourth-order valence-electron chi connectivity index (χ4n) is 3.55. The minimum absolute atomic E-state index is 0.00302. The first kappa shape index (κ1) is 22.6. The number of nitrogens with zero attached hydrogens (tertiary/aromatic N) is 1. The van der Waals surface area contributed by atoms with Gasteiger partial charge in [0.05, 0.1) is 17.4 Å². The number of ether oxygens (including phenoxy) is 1. The third kappa shape index (κ3) is 4.61. The van der Waals surface area contributed by atoms with Gasteiger partial charge in [0, 0.05) is 10.7 Å². The summed E-state index contributed by atoms with van der Waals surface area (Å²) in [6.45, 7) is 5.70. The van der Waals surface area contributed by atoms with Gasteiger partial charge in [0.15, 0.2) is 0 Å². The molecule has 1 aliphatic heterocycles. The van der Waals surface area contributed by atoms with Crippen molar-refractivity contribution >= 4 is 40.4 Å². The normalized spacial score (nSPS) is 13.8. The number of carbonyl (C=O) groups is 2. The molecular weight excluding hydrogens is 443 g/mol. The zero-order valence-corrected chi connectivity index (χ0v) is 19.1. The molecule has 33 heavy (non-hydrogen) atoms. The smallest absolute Gasteiger partial charge is 0.282 e. The number of hydrogen-bond acceptors (Lipinski definition) is 4. The molecule has 4 rings (SSSR count). The molecule has 3 aromatic carbocycles. The lowest BCUT2D eigenvalue weighted by molar-refractivity contribution is -0.120. The van der Waals surface area contributed by atoms with Crippen LogP contribution in [-0.2, 0) is 9.59 Å². The molecule has 1 N–H and O–H groups in total. The van der Waals surface area contributed by atoms with E-state index < -0.39 is 17.6 Å². The van der Waals surface area contributed by atoms with Gasteiger partial charge < -0.3 is 10.1 Å². The molecule has 0 unspecified atom stereocenters. The first-order chi connectivity index (χ1) is 15.7. The number of halogens is 2. The monoisotopic (exact) mass is 464 g/mol. The van der Waals surface area contributed by atoms with Gasteiger partial charge in [-0.05, 0) is 74.4 Å². The molecule has 2 amide bonds. The Labute approximate surface area is 196 Å². The summed E-state index contributed by atoms with van der Waals surface area (Å²) in [4.78, 5) is 27.8. The van der Waals surface area contributed by atoms with Crippen LogP contribution in [0.5, 0.6) is 5.75 Å². The number of rotatable bonds is 6. The minimum atomic E-state index is -0.584. The molecule has 0 bridgehead atoms.